The average molecular weight is 359 g/mol. The van der Waals surface area contributed by atoms with Crippen LogP contribution in [0.2, 0.25) is 0 Å². The Kier molecular flexibility index (Phi) is 5.63. The van der Waals surface area contributed by atoms with Crippen LogP contribution in [-0.4, -0.2) is 50.5 Å². The molecule has 2 aromatic rings. The predicted molar refractivity (Wildman–Crippen MR) is 94.8 cm³/mol. The fraction of sp³-hybridized carbons (Fsp3) is 0.556. The summed E-state index contributed by atoms with van der Waals surface area (Å²) < 4.78 is 7.04. The van der Waals surface area contributed by atoms with Gasteiger partial charge in [0.25, 0.3) is 5.91 Å². The Balaban J connectivity index is 1.60. The van der Waals surface area contributed by atoms with Crippen LogP contribution in [-0.2, 0) is 17.9 Å². The Hall–Kier alpha value is -2.32. The second-order valence-corrected chi connectivity index (χ2v) is 6.75. The second kappa shape index (κ2) is 7.92. The minimum Gasteiger partial charge on any atom is -0.388 e. The molecule has 1 aliphatic carbocycles. The summed E-state index contributed by atoms with van der Waals surface area (Å²) >= 11 is 0. The number of aryl methyl sites for hydroxylation is 2. The maximum absolute atomic E-state index is 12.4. The van der Waals surface area contributed by atoms with E-state index in [1.165, 1.54) is 0 Å². The van der Waals surface area contributed by atoms with Gasteiger partial charge >= 0.3 is 0 Å². The number of methoxy groups -OCH3 is 1. The van der Waals surface area contributed by atoms with Gasteiger partial charge in [-0.05, 0) is 38.8 Å². The summed E-state index contributed by atoms with van der Waals surface area (Å²) in [5.41, 5.74) is 2.32. The molecule has 2 heterocycles. The Labute approximate surface area is 152 Å². The highest BCUT2D eigenvalue weighted by atomic mass is 16.5. The summed E-state index contributed by atoms with van der Waals surface area (Å²) in [6.07, 6.45) is 1.62. The van der Waals surface area contributed by atoms with Gasteiger partial charge in [-0.2, -0.15) is 0 Å². The molecule has 1 amide bonds. The Bertz CT molecular complexity index is 763. The molecule has 0 spiro atoms. The first-order chi connectivity index (χ1) is 12.5. The molecule has 0 radical (unpaired) electrons. The number of hydrogen-bond acceptors (Lipinski definition) is 6. The van der Waals surface area contributed by atoms with E-state index in [1.807, 2.05) is 18.4 Å². The number of rotatable bonds is 7. The molecular weight excluding hydrogens is 334 g/mol. The van der Waals surface area contributed by atoms with E-state index < -0.39 is 0 Å². The smallest absolute Gasteiger partial charge is 0.251 e. The third-order valence-electron chi connectivity index (χ3n) is 4.70. The van der Waals surface area contributed by atoms with Gasteiger partial charge < -0.3 is 19.7 Å². The molecule has 26 heavy (non-hydrogen) atoms. The Morgan fingerprint density at radius 3 is 2.62 bits per heavy atom. The minimum absolute atomic E-state index is 0.0704. The van der Waals surface area contributed by atoms with E-state index in [2.05, 4.69) is 20.5 Å². The van der Waals surface area contributed by atoms with E-state index >= 15 is 0 Å². The summed E-state index contributed by atoms with van der Waals surface area (Å²) in [5, 5.41) is 20.8. The van der Waals surface area contributed by atoms with E-state index in [9.17, 15) is 9.90 Å². The lowest BCUT2D eigenvalue weighted by atomic mass is 9.79. The van der Waals surface area contributed by atoms with Crippen LogP contribution < -0.4 is 5.32 Å². The average Bonchev–Trinajstić information content (AvgIpc) is 2.97. The van der Waals surface area contributed by atoms with Gasteiger partial charge in [0.1, 0.15) is 12.4 Å². The zero-order chi connectivity index (χ0) is 18.7. The lowest BCUT2D eigenvalue weighted by Crippen LogP contribution is -2.44. The van der Waals surface area contributed by atoms with Crippen LogP contribution in [0.4, 0.5) is 0 Å². The third kappa shape index (κ3) is 3.91. The summed E-state index contributed by atoms with van der Waals surface area (Å²) in [6, 6.07) is 3.72. The van der Waals surface area contributed by atoms with Gasteiger partial charge in [0.15, 0.2) is 5.82 Å². The predicted octanol–water partition coefficient (Wildman–Crippen LogP) is 1.10. The van der Waals surface area contributed by atoms with E-state index in [-0.39, 0.29) is 24.5 Å². The van der Waals surface area contributed by atoms with Crippen LogP contribution >= 0.6 is 0 Å². The fourth-order valence-corrected chi connectivity index (χ4v) is 3.38. The molecule has 0 bridgehead atoms. The molecule has 140 valence electrons. The molecule has 1 saturated carbocycles. The van der Waals surface area contributed by atoms with E-state index in [4.69, 9.17) is 4.74 Å². The first-order valence-electron chi connectivity index (χ1n) is 8.79. The van der Waals surface area contributed by atoms with Crippen molar-refractivity contribution in [1.29, 1.82) is 0 Å². The number of ether oxygens (including phenoxy) is 1. The zero-order valence-electron chi connectivity index (χ0n) is 15.4. The maximum atomic E-state index is 12.4. The van der Waals surface area contributed by atoms with Gasteiger partial charge in [0.2, 0.25) is 0 Å². The molecule has 0 unspecified atom stereocenters. The van der Waals surface area contributed by atoms with E-state index in [0.717, 1.165) is 30.1 Å². The summed E-state index contributed by atoms with van der Waals surface area (Å²) in [6.45, 7) is 4.76. The van der Waals surface area contributed by atoms with Gasteiger partial charge in [-0.3, -0.25) is 9.78 Å². The lowest BCUT2D eigenvalue weighted by molar-refractivity contribution is 0.0906. The molecule has 2 aromatic heterocycles. The number of aromatic nitrogens is 4. The van der Waals surface area contributed by atoms with Crippen molar-refractivity contribution < 1.29 is 14.6 Å². The monoisotopic (exact) mass is 359 g/mol. The van der Waals surface area contributed by atoms with Crippen molar-refractivity contribution in [2.45, 2.75) is 51.8 Å². The number of aliphatic hydroxyl groups is 1. The number of hydrogen-bond donors (Lipinski definition) is 2. The minimum atomic E-state index is -0.148. The van der Waals surface area contributed by atoms with E-state index in [0.29, 0.717) is 24.5 Å². The SMILES string of the molecule is COCCn1c(CO)nnc1C1CC(NC(=O)c2cc(C)nc(C)c2)C1. The summed E-state index contributed by atoms with van der Waals surface area (Å²) in [4.78, 5) is 16.7. The number of carbonyl (C=O) groups excluding carboxylic acids is 1. The summed E-state index contributed by atoms with van der Waals surface area (Å²) in [7, 11) is 1.64. The zero-order valence-corrected chi connectivity index (χ0v) is 15.4. The number of amides is 1. The molecule has 3 rings (SSSR count). The molecule has 2 N–H and O–H groups in total. The number of carbonyl (C=O) groups is 1. The first-order valence-corrected chi connectivity index (χ1v) is 8.79. The van der Waals surface area contributed by atoms with Crippen LogP contribution in [0, 0.1) is 13.8 Å². The number of pyridine rings is 1. The molecule has 8 heteroatoms. The van der Waals surface area contributed by atoms with Crippen LogP contribution in [0.25, 0.3) is 0 Å². The Morgan fingerprint density at radius 2 is 2.00 bits per heavy atom. The van der Waals surface area contributed by atoms with E-state index in [1.54, 1.807) is 19.2 Å². The summed E-state index contributed by atoms with van der Waals surface area (Å²) in [5.74, 6) is 1.56. The van der Waals surface area contributed by atoms with Crippen molar-refractivity contribution in [1.82, 2.24) is 25.1 Å². The molecule has 0 aromatic carbocycles. The third-order valence-corrected chi connectivity index (χ3v) is 4.70. The number of aliphatic hydroxyl groups excluding tert-OH is 1. The lowest BCUT2D eigenvalue weighted by Gasteiger charge is -2.35. The van der Waals surface area contributed by atoms with Crippen LogP contribution in [0.3, 0.4) is 0 Å². The first kappa shape index (κ1) is 18.5. The van der Waals surface area contributed by atoms with Gasteiger partial charge in [-0.25, -0.2) is 0 Å². The van der Waals surface area contributed by atoms with Crippen molar-refractivity contribution in [3.05, 3.63) is 40.7 Å². The van der Waals surface area contributed by atoms with Crippen molar-refractivity contribution in [3.63, 3.8) is 0 Å². The van der Waals surface area contributed by atoms with Crippen LogP contribution in [0.1, 0.15) is 52.2 Å². The van der Waals surface area contributed by atoms with Crippen molar-refractivity contribution >= 4 is 5.91 Å². The topological polar surface area (TPSA) is 102 Å². The molecule has 0 saturated heterocycles. The molecule has 0 atom stereocenters. The van der Waals surface area contributed by atoms with Crippen LogP contribution in [0.15, 0.2) is 12.1 Å². The Morgan fingerprint density at radius 1 is 1.31 bits per heavy atom. The highest BCUT2D eigenvalue weighted by molar-refractivity contribution is 5.94. The molecular formula is C18H25N5O3. The van der Waals surface area contributed by atoms with Crippen LogP contribution in [0.5, 0.6) is 0 Å². The molecule has 8 nitrogen and oxygen atoms in total. The van der Waals surface area contributed by atoms with Crippen molar-refractivity contribution in [3.8, 4) is 0 Å². The fourth-order valence-electron chi connectivity index (χ4n) is 3.38. The molecule has 0 aliphatic heterocycles. The highest BCUT2D eigenvalue weighted by Crippen LogP contribution is 2.36. The molecule has 1 aliphatic rings. The van der Waals surface area contributed by atoms with Gasteiger partial charge in [0.05, 0.1) is 6.61 Å². The highest BCUT2D eigenvalue weighted by Gasteiger charge is 2.35. The maximum Gasteiger partial charge on any atom is 0.251 e. The van der Waals surface area contributed by atoms with Gasteiger partial charge in [-0.15, -0.1) is 10.2 Å². The van der Waals surface area contributed by atoms with Gasteiger partial charge in [0, 0.05) is 42.6 Å². The van der Waals surface area contributed by atoms with Gasteiger partial charge in [-0.1, -0.05) is 0 Å². The quantitative estimate of drug-likeness (QED) is 0.768. The second-order valence-electron chi connectivity index (χ2n) is 6.75. The largest absolute Gasteiger partial charge is 0.388 e. The number of nitrogens with zero attached hydrogens (tertiary/aromatic N) is 4. The molecule has 1 fully saturated rings. The number of nitrogens with one attached hydrogen (secondary N) is 1. The standard InChI is InChI=1S/C18H25N5O3/c1-11-6-14(7-12(2)19-11)18(25)20-15-8-13(9-15)17-22-21-16(10-24)23(17)4-5-26-3/h6-7,13,15,24H,4-5,8-10H2,1-3H3,(H,20,25). The van der Waals surface area contributed by atoms with Crippen molar-refractivity contribution in [2.75, 3.05) is 13.7 Å². The van der Waals surface area contributed by atoms with Crippen molar-refractivity contribution in [2.24, 2.45) is 0 Å². The normalized spacial score (nSPS) is 19.2.